The molecular formula is C16H14N2O3. The van der Waals surface area contributed by atoms with Crippen LogP contribution in [0.15, 0.2) is 42.5 Å². The molecule has 3 rings (SSSR count). The van der Waals surface area contributed by atoms with Crippen molar-refractivity contribution >= 4 is 17.5 Å². The molecular weight excluding hydrogens is 268 g/mol. The summed E-state index contributed by atoms with van der Waals surface area (Å²) < 4.78 is 0. The van der Waals surface area contributed by atoms with Gasteiger partial charge < -0.3 is 10.8 Å². The third-order valence-electron chi connectivity index (χ3n) is 3.54. The molecule has 21 heavy (non-hydrogen) atoms. The summed E-state index contributed by atoms with van der Waals surface area (Å²) in [6.45, 7) is 0.171. The number of rotatable bonds is 3. The van der Waals surface area contributed by atoms with E-state index in [1.165, 1.54) is 11.0 Å². The smallest absolute Gasteiger partial charge is 0.261 e. The Morgan fingerprint density at radius 2 is 1.52 bits per heavy atom. The molecule has 0 saturated carbocycles. The summed E-state index contributed by atoms with van der Waals surface area (Å²) in [5, 5.41) is 9.01. The fourth-order valence-corrected chi connectivity index (χ4v) is 2.38. The van der Waals surface area contributed by atoms with Crippen LogP contribution in [-0.2, 0) is 13.2 Å². The molecule has 1 heterocycles. The number of hydrogen-bond donors (Lipinski definition) is 2. The van der Waals surface area contributed by atoms with E-state index in [0.717, 1.165) is 11.1 Å². The van der Waals surface area contributed by atoms with E-state index >= 15 is 0 Å². The Kier molecular flexibility index (Phi) is 3.19. The number of hydrogen-bond acceptors (Lipinski definition) is 4. The lowest BCUT2D eigenvalue weighted by molar-refractivity contribution is 0.0642. The molecule has 2 amide bonds. The minimum atomic E-state index is -0.325. The molecule has 106 valence electrons. The van der Waals surface area contributed by atoms with Gasteiger partial charge in [-0.15, -0.1) is 0 Å². The molecule has 0 aromatic heterocycles. The predicted molar refractivity (Wildman–Crippen MR) is 77.4 cm³/mol. The van der Waals surface area contributed by atoms with Crippen LogP contribution in [0.1, 0.15) is 31.8 Å². The number of aliphatic hydroxyl groups is 1. The monoisotopic (exact) mass is 282 g/mol. The minimum absolute atomic E-state index is 0.0351. The highest BCUT2D eigenvalue weighted by atomic mass is 16.3. The van der Waals surface area contributed by atoms with E-state index < -0.39 is 0 Å². The first-order valence-corrected chi connectivity index (χ1v) is 6.54. The first kappa shape index (κ1) is 13.3. The number of aliphatic hydroxyl groups excluding tert-OH is 1. The molecule has 0 fully saturated rings. The first-order chi connectivity index (χ1) is 10.1. The van der Waals surface area contributed by atoms with Crippen LogP contribution in [0.2, 0.25) is 0 Å². The van der Waals surface area contributed by atoms with Crippen LogP contribution in [0.5, 0.6) is 0 Å². The molecule has 3 N–H and O–H groups in total. The van der Waals surface area contributed by atoms with E-state index in [-0.39, 0.29) is 25.0 Å². The van der Waals surface area contributed by atoms with Gasteiger partial charge in [0, 0.05) is 5.69 Å². The molecule has 1 aliphatic rings. The lowest BCUT2D eigenvalue weighted by Crippen LogP contribution is -2.29. The summed E-state index contributed by atoms with van der Waals surface area (Å²) in [7, 11) is 0. The Balaban J connectivity index is 1.87. The van der Waals surface area contributed by atoms with Crippen molar-refractivity contribution in [2.75, 3.05) is 5.73 Å². The van der Waals surface area contributed by atoms with Crippen LogP contribution in [0.4, 0.5) is 5.69 Å². The highest BCUT2D eigenvalue weighted by molar-refractivity contribution is 6.21. The van der Waals surface area contributed by atoms with Gasteiger partial charge in [-0.3, -0.25) is 14.5 Å². The highest BCUT2D eigenvalue weighted by Gasteiger charge is 2.35. The topological polar surface area (TPSA) is 83.6 Å². The van der Waals surface area contributed by atoms with Gasteiger partial charge in [0.1, 0.15) is 0 Å². The van der Waals surface area contributed by atoms with Gasteiger partial charge in [0.25, 0.3) is 11.8 Å². The van der Waals surface area contributed by atoms with Gasteiger partial charge in [0.05, 0.1) is 24.3 Å². The molecule has 0 spiro atoms. The number of nitrogens with two attached hydrogens (primary N) is 1. The average Bonchev–Trinajstić information content (AvgIpc) is 2.73. The lowest BCUT2D eigenvalue weighted by Gasteiger charge is -2.14. The van der Waals surface area contributed by atoms with E-state index in [1.54, 1.807) is 36.4 Å². The molecule has 0 radical (unpaired) electrons. The van der Waals surface area contributed by atoms with Gasteiger partial charge >= 0.3 is 0 Å². The number of nitrogens with zero attached hydrogens (tertiary/aromatic N) is 1. The van der Waals surface area contributed by atoms with Crippen LogP contribution in [-0.4, -0.2) is 21.8 Å². The summed E-state index contributed by atoms with van der Waals surface area (Å²) in [5.41, 5.74) is 8.48. The standard InChI is InChI=1S/C16H14N2O3/c17-12-5-6-13-14(7-12)16(21)18(15(13)20)8-10-1-3-11(9-19)4-2-10/h1-7,19H,8-9,17H2. The van der Waals surface area contributed by atoms with Gasteiger partial charge in [-0.1, -0.05) is 24.3 Å². The zero-order chi connectivity index (χ0) is 15.0. The Morgan fingerprint density at radius 1 is 0.905 bits per heavy atom. The SMILES string of the molecule is Nc1ccc2c(c1)C(=O)N(Cc1ccc(CO)cc1)C2=O. The number of anilines is 1. The Hall–Kier alpha value is -2.66. The summed E-state index contributed by atoms with van der Waals surface area (Å²) in [6, 6.07) is 11.9. The molecule has 0 saturated heterocycles. The zero-order valence-electron chi connectivity index (χ0n) is 11.2. The Morgan fingerprint density at radius 3 is 2.19 bits per heavy atom. The van der Waals surface area contributed by atoms with Gasteiger partial charge in [0.15, 0.2) is 0 Å². The molecule has 0 bridgehead atoms. The van der Waals surface area contributed by atoms with Crippen molar-refractivity contribution < 1.29 is 14.7 Å². The number of carbonyl (C=O) groups excluding carboxylic acids is 2. The fraction of sp³-hybridized carbons (Fsp3) is 0.125. The quantitative estimate of drug-likeness (QED) is 0.661. The normalized spacial score (nSPS) is 13.7. The van der Waals surface area contributed by atoms with Crippen molar-refractivity contribution in [1.29, 1.82) is 0 Å². The van der Waals surface area contributed by atoms with E-state index in [9.17, 15) is 9.59 Å². The Bertz CT molecular complexity index is 723. The van der Waals surface area contributed by atoms with E-state index in [2.05, 4.69) is 0 Å². The highest BCUT2D eigenvalue weighted by Crippen LogP contribution is 2.26. The number of benzene rings is 2. The summed E-state index contributed by atoms with van der Waals surface area (Å²) in [6.07, 6.45) is 0. The summed E-state index contributed by atoms with van der Waals surface area (Å²) >= 11 is 0. The van der Waals surface area contributed by atoms with Crippen LogP contribution in [0.25, 0.3) is 0 Å². The van der Waals surface area contributed by atoms with Crippen LogP contribution >= 0.6 is 0 Å². The molecule has 5 nitrogen and oxygen atoms in total. The maximum Gasteiger partial charge on any atom is 0.261 e. The molecule has 0 atom stereocenters. The second-order valence-electron chi connectivity index (χ2n) is 4.98. The molecule has 5 heteroatoms. The lowest BCUT2D eigenvalue weighted by atomic mass is 10.1. The number of nitrogen functional groups attached to an aromatic ring is 1. The zero-order valence-corrected chi connectivity index (χ0v) is 11.2. The largest absolute Gasteiger partial charge is 0.399 e. The van der Waals surface area contributed by atoms with Gasteiger partial charge in [-0.25, -0.2) is 0 Å². The van der Waals surface area contributed by atoms with Crippen LogP contribution < -0.4 is 5.73 Å². The Labute approximate surface area is 121 Å². The molecule has 1 aliphatic heterocycles. The van der Waals surface area contributed by atoms with Crippen molar-refractivity contribution in [3.8, 4) is 0 Å². The maximum absolute atomic E-state index is 12.3. The van der Waals surface area contributed by atoms with Crippen molar-refractivity contribution in [1.82, 2.24) is 4.90 Å². The second kappa shape index (κ2) is 5.03. The number of carbonyl (C=O) groups is 2. The first-order valence-electron chi connectivity index (χ1n) is 6.54. The van der Waals surface area contributed by atoms with E-state index in [1.807, 2.05) is 0 Å². The molecule has 2 aromatic rings. The van der Waals surface area contributed by atoms with Crippen LogP contribution in [0, 0.1) is 0 Å². The summed E-state index contributed by atoms with van der Waals surface area (Å²) in [4.78, 5) is 25.8. The number of amides is 2. The van der Waals surface area contributed by atoms with E-state index in [0.29, 0.717) is 16.8 Å². The summed E-state index contributed by atoms with van der Waals surface area (Å²) in [5.74, 6) is -0.630. The van der Waals surface area contributed by atoms with Crippen molar-refractivity contribution in [3.05, 3.63) is 64.7 Å². The van der Waals surface area contributed by atoms with Gasteiger partial charge in [-0.05, 0) is 29.3 Å². The number of imide groups is 1. The van der Waals surface area contributed by atoms with Crippen LogP contribution in [0.3, 0.4) is 0 Å². The maximum atomic E-state index is 12.3. The molecule has 0 unspecified atom stereocenters. The third kappa shape index (κ3) is 2.28. The molecule has 0 aliphatic carbocycles. The van der Waals surface area contributed by atoms with Gasteiger partial charge in [0.2, 0.25) is 0 Å². The minimum Gasteiger partial charge on any atom is -0.399 e. The van der Waals surface area contributed by atoms with E-state index in [4.69, 9.17) is 10.8 Å². The molecule has 2 aromatic carbocycles. The fourth-order valence-electron chi connectivity index (χ4n) is 2.38. The van der Waals surface area contributed by atoms with Gasteiger partial charge in [-0.2, -0.15) is 0 Å². The average molecular weight is 282 g/mol. The predicted octanol–water partition coefficient (Wildman–Crippen LogP) is 1.56. The number of fused-ring (bicyclic) bond motifs is 1. The van der Waals surface area contributed by atoms with Crippen molar-refractivity contribution in [3.63, 3.8) is 0 Å². The van der Waals surface area contributed by atoms with Crippen molar-refractivity contribution in [2.45, 2.75) is 13.2 Å². The second-order valence-corrected chi connectivity index (χ2v) is 4.98. The third-order valence-corrected chi connectivity index (χ3v) is 3.54. The van der Waals surface area contributed by atoms with Crippen molar-refractivity contribution in [2.24, 2.45) is 0 Å².